The molecule has 0 bridgehead atoms. The van der Waals surface area contributed by atoms with Gasteiger partial charge in [-0.25, -0.2) is 17.2 Å². The molecule has 9 heteroatoms. The van der Waals surface area contributed by atoms with Crippen LogP contribution in [0.15, 0.2) is 47.4 Å². The summed E-state index contributed by atoms with van der Waals surface area (Å²) in [7, 11) is -0.630. The number of rotatable bonds is 6. The number of sulfonamides is 1. The van der Waals surface area contributed by atoms with Gasteiger partial charge in [0.25, 0.3) is 0 Å². The molecule has 0 N–H and O–H groups in total. The minimum Gasteiger partial charge on any atom is -0.497 e. The molecule has 0 aromatic heterocycles. The van der Waals surface area contributed by atoms with Gasteiger partial charge in [-0.3, -0.25) is 4.79 Å². The van der Waals surface area contributed by atoms with E-state index in [-0.39, 0.29) is 29.8 Å². The minimum atomic E-state index is -3.94. The van der Waals surface area contributed by atoms with Gasteiger partial charge >= 0.3 is 0 Å². The quantitative estimate of drug-likeness (QED) is 0.695. The predicted molar refractivity (Wildman–Crippen MR) is 107 cm³/mol. The van der Waals surface area contributed by atoms with Gasteiger partial charge in [0.2, 0.25) is 15.9 Å². The number of ether oxygens (including phenoxy) is 1. The SMILES string of the molecule is COc1ccc(CN(C)C(=O)C2CCN(S(=O)(=O)c3ccc(F)c(F)c3)CC2)cc1. The number of benzene rings is 2. The Morgan fingerprint density at radius 1 is 1.10 bits per heavy atom. The molecule has 0 radical (unpaired) electrons. The molecule has 1 aliphatic rings. The lowest BCUT2D eigenvalue weighted by molar-refractivity contribution is -0.135. The van der Waals surface area contributed by atoms with Crippen LogP contribution in [-0.2, 0) is 21.4 Å². The molecule has 0 spiro atoms. The van der Waals surface area contributed by atoms with Crippen molar-refractivity contribution in [2.75, 3.05) is 27.2 Å². The van der Waals surface area contributed by atoms with Gasteiger partial charge in [0.1, 0.15) is 5.75 Å². The molecule has 30 heavy (non-hydrogen) atoms. The van der Waals surface area contributed by atoms with E-state index in [0.717, 1.165) is 23.4 Å². The number of nitrogens with zero attached hydrogens (tertiary/aromatic N) is 2. The second kappa shape index (κ2) is 9.09. The van der Waals surface area contributed by atoms with Gasteiger partial charge in [-0.1, -0.05) is 12.1 Å². The second-order valence-corrected chi connectivity index (χ2v) is 9.23. The average molecular weight is 438 g/mol. The van der Waals surface area contributed by atoms with Crippen LogP contribution in [0.25, 0.3) is 0 Å². The van der Waals surface area contributed by atoms with E-state index in [4.69, 9.17) is 4.74 Å². The van der Waals surface area contributed by atoms with E-state index in [1.54, 1.807) is 19.1 Å². The molecular weight excluding hydrogens is 414 g/mol. The zero-order valence-corrected chi connectivity index (χ0v) is 17.7. The fourth-order valence-electron chi connectivity index (χ4n) is 3.52. The first kappa shape index (κ1) is 22.2. The second-order valence-electron chi connectivity index (χ2n) is 7.30. The molecule has 1 fully saturated rings. The summed E-state index contributed by atoms with van der Waals surface area (Å²) >= 11 is 0. The Labute approximate surface area is 175 Å². The van der Waals surface area contributed by atoms with Crippen LogP contribution in [0.5, 0.6) is 5.75 Å². The molecule has 0 aliphatic carbocycles. The third-order valence-electron chi connectivity index (χ3n) is 5.29. The fraction of sp³-hybridized carbons (Fsp3) is 0.381. The number of carbonyl (C=O) groups excluding carboxylic acids is 1. The Morgan fingerprint density at radius 2 is 1.73 bits per heavy atom. The summed E-state index contributed by atoms with van der Waals surface area (Å²) in [6, 6.07) is 9.97. The highest BCUT2D eigenvalue weighted by Crippen LogP contribution is 2.26. The summed E-state index contributed by atoms with van der Waals surface area (Å²) in [5.74, 6) is -1.90. The van der Waals surface area contributed by atoms with Gasteiger partial charge in [0.15, 0.2) is 11.6 Å². The van der Waals surface area contributed by atoms with Crippen molar-refractivity contribution >= 4 is 15.9 Å². The number of amides is 1. The number of hydrogen-bond donors (Lipinski definition) is 0. The lowest BCUT2D eigenvalue weighted by Gasteiger charge is -2.32. The molecule has 0 atom stereocenters. The third-order valence-corrected chi connectivity index (χ3v) is 7.18. The maximum atomic E-state index is 13.4. The molecule has 3 rings (SSSR count). The number of carbonyl (C=O) groups is 1. The molecule has 1 saturated heterocycles. The largest absolute Gasteiger partial charge is 0.497 e. The smallest absolute Gasteiger partial charge is 0.243 e. The van der Waals surface area contributed by atoms with E-state index in [1.807, 2.05) is 24.3 Å². The van der Waals surface area contributed by atoms with E-state index in [9.17, 15) is 22.0 Å². The number of methoxy groups -OCH3 is 1. The molecule has 6 nitrogen and oxygen atoms in total. The Kier molecular flexibility index (Phi) is 6.72. The Morgan fingerprint density at radius 3 is 2.30 bits per heavy atom. The number of hydrogen-bond acceptors (Lipinski definition) is 4. The summed E-state index contributed by atoms with van der Waals surface area (Å²) in [4.78, 5) is 14.1. The van der Waals surface area contributed by atoms with Crippen LogP contribution in [0.3, 0.4) is 0 Å². The van der Waals surface area contributed by atoms with Crippen LogP contribution in [0.1, 0.15) is 18.4 Å². The van der Waals surface area contributed by atoms with E-state index in [2.05, 4.69) is 0 Å². The average Bonchev–Trinajstić information content (AvgIpc) is 2.75. The summed E-state index contributed by atoms with van der Waals surface area (Å²) in [5, 5.41) is 0. The van der Waals surface area contributed by atoms with Crippen LogP contribution < -0.4 is 4.74 Å². The Balaban J connectivity index is 1.59. The zero-order valence-electron chi connectivity index (χ0n) is 16.8. The van der Waals surface area contributed by atoms with Gasteiger partial charge in [-0.2, -0.15) is 4.31 Å². The van der Waals surface area contributed by atoms with Crippen molar-refractivity contribution in [3.63, 3.8) is 0 Å². The summed E-state index contributed by atoms with van der Waals surface area (Å²) in [6.07, 6.45) is 0.739. The molecule has 1 heterocycles. The first-order valence-electron chi connectivity index (χ1n) is 9.55. The lowest BCUT2D eigenvalue weighted by atomic mass is 9.96. The monoisotopic (exact) mass is 438 g/mol. The highest BCUT2D eigenvalue weighted by Gasteiger charge is 2.33. The standard InChI is InChI=1S/C21H24F2N2O4S/c1-24(14-15-3-5-17(29-2)6-4-15)21(26)16-9-11-25(12-10-16)30(27,28)18-7-8-19(22)20(23)13-18/h3-8,13,16H,9-12,14H2,1-2H3. The first-order chi connectivity index (χ1) is 14.2. The van der Waals surface area contributed by atoms with Crippen LogP contribution in [0.2, 0.25) is 0 Å². The van der Waals surface area contributed by atoms with Crippen LogP contribution >= 0.6 is 0 Å². The first-order valence-corrected chi connectivity index (χ1v) is 11.0. The van der Waals surface area contributed by atoms with Gasteiger partial charge in [0, 0.05) is 32.6 Å². The molecule has 162 valence electrons. The lowest BCUT2D eigenvalue weighted by Crippen LogP contribution is -2.43. The highest BCUT2D eigenvalue weighted by molar-refractivity contribution is 7.89. The topological polar surface area (TPSA) is 66.9 Å². The molecule has 0 unspecified atom stereocenters. The van der Waals surface area contributed by atoms with Crippen molar-refractivity contribution < 1.29 is 26.7 Å². The van der Waals surface area contributed by atoms with E-state index >= 15 is 0 Å². The minimum absolute atomic E-state index is 0.0457. The van der Waals surface area contributed by atoms with Crippen LogP contribution in [0, 0.1) is 17.6 Å². The van der Waals surface area contributed by atoms with Crippen LogP contribution in [0.4, 0.5) is 8.78 Å². The van der Waals surface area contributed by atoms with Gasteiger partial charge < -0.3 is 9.64 Å². The highest BCUT2D eigenvalue weighted by atomic mass is 32.2. The van der Waals surface area contributed by atoms with Crippen molar-refractivity contribution in [2.24, 2.45) is 5.92 Å². The van der Waals surface area contributed by atoms with Gasteiger partial charge in [0.05, 0.1) is 12.0 Å². The Hall–Kier alpha value is -2.52. The molecule has 2 aromatic rings. The molecule has 1 aliphatic heterocycles. The normalized spacial score (nSPS) is 15.7. The van der Waals surface area contributed by atoms with E-state index in [1.165, 1.54) is 4.31 Å². The third kappa shape index (κ3) is 4.79. The molecule has 2 aromatic carbocycles. The van der Waals surface area contributed by atoms with Gasteiger partial charge in [-0.15, -0.1) is 0 Å². The van der Waals surface area contributed by atoms with E-state index in [0.29, 0.717) is 25.5 Å². The van der Waals surface area contributed by atoms with Crippen molar-refractivity contribution in [3.8, 4) is 5.75 Å². The van der Waals surface area contributed by atoms with Crippen molar-refractivity contribution in [1.29, 1.82) is 0 Å². The molecular formula is C21H24F2N2O4S. The summed E-state index contributed by atoms with van der Waals surface area (Å²) < 4.78 is 58.3. The number of halogens is 2. The zero-order chi connectivity index (χ0) is 21.9. The Bertz CT molecular complexity index is 1000. The predicted octanol–water partition coefficient (Wildman–Crippen LogP) is 3.03. The maximum Gasteiger partial charge on any atom is 0.243 e. The van der Waals surface area contributed by atoms with Crippen molar-refractivity contribution in [3.05, 3.63) is 59.7 Å². The molecule has 1 amide bonds. The van der Waals surface area contributed by atoms with Crippen molar-refractivity contribution in [2.45, 2.75) is 24.3 Å². The summed E-state index contributed by atoms with van der Waals surface area (Å²) in [5.41, 5.74) is 0.963. The maximum absolute atomic E-state index is 13.4. The number of piperidine rings is 1. The van der Waals surface area contributed by atoms with Crippen LogP contribution in [-0.4, -0.2) is 50.8 Å². The molecule has 0 saturated carbocycles. The van der Waals surface area contributed by atoms with Gasteiger partial charge in [-0.05, 0) is 48.7 Å². The van der Waals surface area contributed by atoms with E-state index < -0.39 is 21.7 Å². The summed E-state index contributed by atoms with van der Waals surface area (Å²) in [6.45, 7) is 0.735. The van der Waals surface area contributed by atoms with Crippen molar-refractivity contribution in [1.82, 2.24) is 9.21 Å². The fourth-order valence-corrected chi connectivity index (χ4v) is 5.01.